The molecular formula is C15H10F4O2. The van der Waals surface area contributed by atoms with E-state index in [-0.39, 0.29) is 12.0 Å². The average molecular weight is 298 g/mol. The molecule has 0 heterocycles. The largest absolute Gasteiger partial charge is 0.426 e. The molecule has 0 amide bonds. The molecule has 0 radical (unpaired) electrons. The van der Waals surface area contributed by atoms with Crippen molar-refractivity contribution < 1.29 is 27.1 Å². The fourth-order valence-corrected chi connectivity index (χ4v) is 1.72. The summed E-state index contributed by atoms with van der Waals surface area (Å²) in [4.78, 5) is 11.6. The number of esters is 1. The summed E-state index contributed by atoms with van der Waals surface area (Å²) < 4.78 is 55.7. The number of halogens is 4. The summed E-state index contributed by atoms with van der Waals surface area (Å²) in [5.74, 6) is -1.80. The van der Waals surface area contributed by atoms with Gasteiger partial charge in [0.2, 0.25) is 0 Å². The molecule has 0 aliphatic carbocycles. The molecule has 2 aromatic rings. The van der Waals surface area contributed by atoms with Crippen molar-refractivity contribution >= 4 is 5.97 Å². The fraction of sp³-hybridized carbons (Fsp3) is 0.133. The van der Waals surface area contributed by atoms with Crippen LogP contribution in [-0.2, 0) is 17.4 Å². The van der Waals surface area contributed by atoms with Crippen LogP contribution in [0.4, 0.5) is 17.6 Å². The molecule has 0 aliphatic heterocycles. The van der Waals surface area contributed by atoms with Gasteiger partial charge in [0.05, 0.1) is 12.0 Å². The van der Waals surface area contributed by atoms with Crippen LogP contribution in [-0.4, -0.2) is 5.97 Å². The summed E-state index contributed by atoms with van der Waals surface area (Å²) in [6.07, 6.45) is -5.18. The van der Waals surface area contributed by atoms with E-state index in [2.05, 4.69) is 0 Å². The number of carbonyl (C=O) groups excluding carboxylic acids is 1. The molecule has 0 aliphatic rings. The number of ether oxygens (including phenoxy) is 1. The molecule has 0 spiro atoms. The maximum Gasteiger partial charge on any atom is 0.419 e. The Labute approximate surface area is 118 Å². The van der Waals surface area contributed by atoms with Crippen LogP contribution in [0.2, 0.25) is 0 Å². The van der Waals surface area contributed by atoms with Gasteiger partial charge in [0.1, 0.15) is 11.6 Å². The number of para-hydroxylation sites is 1. The van der Waals surface area contributed by atoms with E-state index in [9.17, 15) is 22.4 Å². The molecular weight excluding hydrogens is 288 g/mol. The lowest BCUT2D eigenvalue weighted by molar-refractivity contribution is -0.140. The first-order chi connectivity index (χ1) is 9.86. The standard InChI is InChI=1S/C15H10F4O2/c16-13-7-6-10(8-12(13)15(17,18)19)9-14(20)21-11-4-2-1-3-5-11/h1-8H,9H2. The van der Waals surface area contributed by atoms with E-state index in [0.717, 1.165) is 6.07 Å². The lowest BCUT2D eigenvalue weighted by Crippen LogP contribution is -2.13. The molecule has 0 saturated heterocycles. The Morgan fingerprint density at radius 2 is 1.71 bits per heavy atom. The van der Waals surface area contributed by atoms with E-state index >= 15 is 0 Å². The first kappa shape index (κ1) is 15.0. The quantitative estimate of drug-likeness (QED) is 0.486. The highest BCUT2D eigenvalue weighted by molar-refractivity contribution is 5.75. The fourth-order valence-electron chi connectivity index (χ4n) is 1.72. The van der Waals surface area contributed by atoms with E-state index in [1.165, 1.54) is 0 Å². The van der Waals surface area contributed by atoms with Gasteiger partial charge in [0.25, 0.3) is 0 Å². The summed E-state index contributed by atoms with van der Waals surface area (Å²) in [7, 11) is 0. The van der Waals surface area contributed by atoms with Gasteiger partial charge in [-0.3, -0.25) is 4.79 Å². The van der Waals surface area contributed by atoms with Gasteiger partial charge in [0, 0.05) is 0 Å². The Bertz CT molecular complexity index is 636. The summed E-state index contributed by atoms with van der Waals surface area (Å²) >= 11 is 0. The maximum absolute atomic E-state index is 13.1. The molecule has 0 atom stereocenters. The monoisotopic (exact) mass is 298 g/mol. The molecule has 0 N–H and O–H groups in total. The van der Waals surface area contributed by atoms with Crippen LogP contribution in [0.3, 0.4) is 0 Å². The van der Waals surface area contributed by atoms with Crippen molar-refractivity contribution in [3.63, 3.8) is 0 Å². The zero-order chi connectivity index (χ0) is 15.5. The summed E-state index contributed by atoms with van der Waals surface area (Å²) in [6.45, 7) is 0. The molecule has 0 fully saturated rings. The normalized spacial score (nSPS) is 11.2. The van der Waals surface area contributed by atoms with Crippen molar-refractivity contribution in [2.24, 2.45) is 0 Å². The number of alkyl halides is 3. The highest BCUT2D eigenvalue weighted by Crippen LogP contribution is 2.32. The van der Waals surface area contributed by atoms with E-state index in [1.54, 1.807) is 30.3 Å². The van der Waals surface area contributed by atoms with Crippen molar-refractivity contribution in [1.82, 2.24) is 0 Å². The first-order valence-electron chi connectivity index (χ1n) is 5.97. The molecule has 6 heteroatoms. The first-order valence-corrected chi connectivity index (χ1v) is 5.97. The third-order valence-corrected chi connectivity index (χ3v) is 2.66. The van der Waals surface area contributed by atoms with Crippen molar-refractivity contribution in [2.45, 2.75) is 12.6 Å². The van der Waals surface area contributed by atoms with Crippen LogP contribution < -0.4 is 4.74 Å². The Hall–Kier alpha value is -2.37. The van der Waals surface area contributed by atoms with Crippen LogP contribution >= 0.6 is 0 Å². The van der Waals surface area contributed by atoms with Gasteiger partial charge in [-0.2, -0.15) is 13.2 Å². The van der Waals surface area contributed by atoms with Gasteiger partial charge in [-0.25, -0.2) is 4.39 Å². The number of hydrogen-bond acceptors (Lipinski definition) is 2. The Kier molecular flexibility index (Phi) is 4.26. The van der Waals surface area contributed by atoms with Crippen LogP contribution in [0.25, 0.3) is 0 Å². The second-order valence-electron chi connectivity index (χ2n) is 4.28. The molecule has 2 rings (SSSR count). The average Bonchev–Trinajstić information content (AvgIpc) is 2.41. The smallest absolute Gasteiger partial charge is 0.419 e. The molecule has 2 aromatic carbocycles. The minimum Gasteiger partial charge on any atom is -0.426 e. The van der Waals surface area contributed by atoms with E-state index in [1.807, 2.05) is 0 Å². The Morgan fingerprint density at radius 3 is 2.33 bits per heavy atom. The van der Waals surface area contributed by atoms with Crippen LogP contribution in [0, 0.1) is 5.82 Å². The van der Waals surface area contributed by atoms with Gasteiger partial charge in [-0.15, -0.1) is 0 Å². The highest BCUT2D eigenvalue weighted by Gasteiger charge is 2.34. The number of benzene rings is 2. The predicted octanol–water partition coefficient (Wildman–Crippen LogP) is 3.99. The number of rotatable bonds is 3. The van der Waals surface area contributed by atoms with Crippen LogP contribution in [0.15, 0.2) is 48.5 Å². The highest BCUT2D eigenvalue weighted by atomic mass is 19.4. The van der Waals surface area contributed by atoms with Crippen LogP contribution in [0.5, 0.6) is 5.75 Å². The van der Waals surface area contributed by atoms with E-state index in [0.29, 0.717) is 17.9 Å². The van der Waals surface area contributed by atoms with Crippen molar-refractivity contribution in [3.8, 4) is 5.75 Å². The zero-order valence-corrected chi connectivity index (χ0v) is 10.7. The summed E-state index contributed by atoms with van der Waals surface area (Å²) in [5.41, 5.74) is -1.36. The lowest BCUT2D eigenvalue weighted by atomic mass is 10.1. The van der Waals surface area contributed by atoms with Crippen molar-refractivity contribution in [3.05, 3.63) is 65.5 Å². The van der Waals surface area contributed by atoms with E-state index in [4.69, 9.17) is 4.74 Å². The third-order valence-electron chi connectivity index (χ3n) is 2.66. The zero-order valence-electron chi connectivity index (χ0n) is 10.7. The molecule has 0 aromatic heterocycles. The topological polar surface area (TPSA) is 26.3 Å². The molecule has 0 saturated carbocycles. The third kappa shape index (κ3) is 4.05. The van der Waals surface area contributed by atoms with Gasteiger partial charge in [-0.05, 0) is 29.8 Å². The Balaban J connectivity index is 2.11. The molecule has 21 heavy (non-hydrogen) atoms. The van der Waals surface area contributed by atoms with Gasteiger partial charge in [-0.1, -0.05) is 24.3 Å². The second-order valence-corrected chi connectivity index (χ2v) is 4.28. The van der Waals surface area contributed by atoms with E-state index < -0.39 is 23.5 Å². The Morgan fingerprint density at radius 1 is 1.05 bits per heavy atom. The molecule has 0 bridgehead atoms. The maximum atomic E-state index is 13.1. The number of carbonyl (C=O) groups is 1. The SMILES string of the molecule is O=C(Cc1ccc(F)c(C(F)(F)F)c1)Oc1ccccc1. The molecule has 2 nitrogen and oxygen atoms in total. The summed E-state index contributed by atoms with van der Waals surface area (Å²) in [5, 5.41) is 0. The van der Waals surface area contributed by atoms with Gasteiger partial charge >= 0.3 is 12.1 Å². The van der Waals surface area contributed by atoms with Crippen LogP contribution in [0.1, 0.15) is 11.1 Å². The van der Waals surface area contributed by atoms with Crippen molar-refractivity contribution in [2.75, 3.05) is 0 Å². The summed E-state index contributed by atoms with van der Waals surface area (Å²) in [6, 6.07) is 10.6. The van der Waals surface area contributed by atoms with Gasteiger partial charge in [0.15, 0.2) is 0 Å². The minimum absolute atomic E-state index is 0.0321. The second kappa shape index (κ2) is 5.95. The minimum atomic E-state index is -4.80. The lowest BCUT2D eigenvalue weighted by Gasteiger charge is -2.10. The number of hydrogen-bond donors (Lipinski definition) is 0. The van der Waals surface area contributed by atoms with Crippen molar-refractivity contribution in [1.29, 1.82) is 0 Å². The molecule has 0 unspecified atom stereocenters. The molecule has 110 valence electrons. The predicted molar refractivity (Wildman–Crippen MR) is 67.2 cm³/mol. The van der Waals surface area contributed by atoms with Gasteiger partial charge < -0.3 is 4.74 Å².